The Morgan fingerprint density at radius 3 is 3.05 bits per heavy atom. The van der Waals surface area contributed by atoms with E-state index in [0.717, 1.165) is 34.2 Å². The van der Waals surface area contributed by atoms with Gasteiger partial charge in [-0.3, -0.25) is 4.68 Å². The third kappa shape index (κ3) is 1.47. The molecule has 0 aliphatic carbocycles. The Labute approximate surface area is 120 Å². The van der Waals surface area contributed by atoms with Crippen LogP contribution < -0.4 is 0 Å². The summed E-state index contributed by atoms with van der Waals surface area (Å²) in [6.45, 7) is 2.16. The highest BCUT2D eigenvalue weighted by molar-refractivity contribution is 7.08. The van der Waals surface area contributed by atoms with Gasteiger partial charge in [-0.2, -0.15) is 16.4 Å². The fourth-order valence-electron chi connectivity index (χ4n) is 2.80. The fourth-order valence-corrected chi connectivity index (χ4v) is 3.44. The molecule has 4 aromatic heterocycles. The van der Waals surface area contributed by atoms with Gasteiger partial charge in [0.05, 0.1) is 5.52 Å². The van der Waals surface area contributed by atoms with Gasteiger partial charge in [-0.25, -0.2) is 4.98 Å². The lowest BCUT2D eigenvalue weighted by atomic mass is 10.1. The summed E-state index contributed by atoms with van der Waals surface area (Å²) in [7, 11) is 2.00. The Hall–Kier alpha value is -2.14. The van der Waals surface area contributed by atoms with Crippen LogP contribution in [0.3, 0.4) is 0 Å². The Morgan fingerprint density at radius 1 is 1.40 bits per heavy atom. The second kappa shape index (κ2) is 4.18. The number of thiophene rings is 1. The first kappa shape index (κ1) is 11.7. The molecule has 0 aliphatic rings. The van der Waals surface area contributed by atoms with Crippen molar-refractivity contribution in [2.24, 2.45) is 7.05 Å². The number of H-pyrrole nitrogens is 1. The van der Waals surface area contributed by atoms with Gasteiger partial charge in [0.1, 0.15) is 11.3 Å². The van der Waals surface area contributed by atoms with Crippen molar-refractivity contribution in [3.63, 3.8) is 0 Å². The molecule has 4 rings (SSSR count). The zero-order valence-corrected chi connectivity index (χ0v) is 12.2. The van der Waals surface area contributed by atoms with E-state index < -0.39 is 0 Å². The lowest BCUT2D eigenvalue weighted by molar-refractivity contribution is 0.803. The van der Waals surface area contributed by atoms with Crippen LogP contribution in [0.25, 0.3) is 33.2 Å². The smallest absolute Gasteiger partial charge is 0.139 e. The molecular formula is C15H14N4S. The summed E-state index contributed by atoms with van der Waals surface area (Å²) in [6, 6.07) is 2.11. The molecule has 0 fully saturated rings. The van der Waals surface area contributed by atoms with Gasteiger partial charge in [-0.05, 0) is 23.4 Å². The van der Waals surface area contributed by atoms with E-state index in [9.17, 15) is 0 Å². The molecule has 100 valence electrons. The first-order valence-corrected chi connectivity index (χ1v) is 7.58. The molecule has 0 aromatic carbocycles. The Morgan fingerprint density at radius 2 is 2.30 bits per heavy atom. The summed E-state index contributed by atoms with van der Waals surface area (Å²) in [6.07, 6.45) is 4.96. The van der Waals surface area contributed by atoms with Crippen LogP contribution in [-0.4, -0.2) is 19.7 Å². The molecule has 4 nitrogen and oxygen atoms in total. The van der Waals surface area contributed by atoms with Crippen molar-refractivity contribution in [3.8, 4) is 11.3 Å². The molecule has 0 bridgehead atoms. The van der Waals surface area contributed by atoms with Crippen LogP contribution in [0.4, 0.5) is 0 Å². The number of hydrogen-bond donors (Lipinski definition) is 1. The van der Waals surface area contributed by atoms with Crippen molar-refractivity contribution in [1.82, 2.24) is 19.7 Å². The van der Waals surface area contributed by atoms with Gasteiger partial charge in [0, 0.05) is 41.2 Å². The highest BCUT2D eigenvalue weighted by atomic mass is 32.1. The molecule has 4 aromatic rings. The normalized spacial score (nSPS) is 11.7. The van der Waals surface area contributed by atoms with Gasteiger partial charge in [-0.15, -0.1) is 0 Å². The highest BCUT2D eigenvalue weighted by Gasteiger charge is 2.16. The lowest BCUT2D eigenvalue weighted by Crippen LogP contribution is -1.91. The monoisotopic (exact) mass is 282 g/mol. The first-order valence-electron chi connectivity index (χ1n) is 6.64. The predicted octanol–water partition coefficient (Wildman–Crippen LogP) is 3.74. The zero-order chi connectivity index (χ0) is 13.7. The van der Waals surface area contributed by atoms with Crippen LogP contribution in [0.5, 0.6) is 0 Å². The third-order valence-corrected chi connectivity index (χ3v) is 4.44. The highest BCUT2D eigenvalue weighted by Crippen LogP contribution is 2.33. The van der Waals surface area contributed by atoms with E-state index in [4.69, 9.17) is 5.10 Å². The van der Waals surface area contributed by atoms with Gasteiger partial charge < -0.3 is 4.98 Å². The molecule has 0 unspecified atom stereocenters. The van der Waals surface area contributed by atoms with E-state index in [1.54, 1.807) is 11.3 Å². The number of aromatic amines is 1. The maximum atomic E-state index is 4.71. The molecular weight excluding hydrogens is 268 g/mol. The van der Waals surface area contributed by atoms with Crippen molar-refractivity contribution in [3.05, 3.63) is 34.8 Å². The molecule has 4 heterocycles. The number of rotatable bonds is 2. The molecule has 20 heavy (non-hydrogen) atoms. The first-order chi connectivity index (χ1) is 9.79. The third-order valence-electron chi connectivity index (χ3n) is 3.76. The maximum absolute atomic E-state index is 4.71. The van der Waals surface area contributed by atoms with Gasteiger partial charge in [0.15, 0.2) is 0 Å². The van der Waals surface area contributed by atoms with E-state index in [1.807, 2.05) is 24.1 Å². The zero-order valence-electron chi connectivity index (χ0n) is 11.3. The topological polar surface area (TPSA) is 46.5 Å². The summed E-state index contributed by atoms with van der Waals surface area (Å²) in [5.41, 5.74) is 5.57. The van der Waals surface area contributed by atoms with Crippen LogP contribution in [0.15, 0.2) is 29.2 Å². The van der Waals surface area contributed by atoms with Crippen LogP contribution in [-0.2, 0) is 13.5 Å². The Kier molecular flexibility index (Phi) is 2.44. The van der Waals surface area contributed by atoms with Crippen LogP contribution in [0, 0.1) is 0 Å². The average molecular weight is 282 g/mol. The standard InChI is InChI=1S/C15H14N4S/c1-3-9-6-16-15-12(9)14-11(7-17-15)13(18-19(14)2)10-4-5-20-8-10/h4-8H,3H2,1-2H3,(H,16,17). The van der Waals surface area contributed by atoms with Crippen molar-refractivity contribution in [1.29, 1.82) is 0 Å². The molecule has 5 heteroatoms. The van der Waals surface area contributed by atoms with E-state index in [-0.39, 0.29) is 0 Å². The minimum Gasteiger partial charge on any atom is -0.346 e. The molecule has 1 N–H and O–H groups in total. The molecule has 0 radical (unpaired) electrons. The van der Waals surface area contributed by atoms with E-state index in [1.165, 1.54) is 10.9 Å². The van der Waals surface area contributed by atoms with Crippen molar-refractivity contribution in [2.75, 3.05) is 0 Å². The van der Waals surface area contributed by atoms with Crippen molar-refractivity contribution >= 4 is 33.3 Å². The van der Waals surface area contributed by atoms with E-state index in [0.29, 0.717) is 0 Å². The number of nitrogens with zero attached hydrogens (tertiary/aromatic N) is 3. The summed E-state index contributed by atoms with van der Waals surface area (Å²) >= 11 is 1.69. The van der Waals surface area contributed by atoms with Crippen LogP contribution >= 0.6 is 11.3 Å². The minimum atomic E-state index is 0.939. The average Bonchev–Trinajstić information content (AvgIpc) is 3.15. The van der Waals surface area contributed by atoms with Crippen molar-refractivity contribution in [2.45, 2.75) is 13.3 Å². The molecule has 0 amide bonds. The number of fused-ring (bicyclic) bond motifs is 3. The predicted molar refractivity (Wildman–Crippen MR) is 83.1 cm³/mol. The number of aryl methyl sites for hydroxylation is 2. The number of pyridine rings is 1. The Bertz CT molecular complexity index is 899. The van der Waals surface area contributed by atoms with Gasteiger partial charge in [0.25, 0.3) is 0 Å². The molecule has 0 atom stereocenters. The second-order valence-corrected chi connectivity index (χ2v) is 5.68. The second-order valence-electron chi connectivity index (χ2n) is 4.90. The number of hydrogen-bond acceptors (Lipinski definition) is 3. The summed E-state index contributed by atoms with van der Waals surface area (Å²) < 4.78 is 1.97. The lowest BCUT2D eigenvalue weighted by Gasteiger charge is -1.99. The van der Waals surface area contributed by atoms with Crippen LogP contribution in [0.1, 0.15) is 12.5 Å². The van der Waals surface area contributed by atoms with Gasteiger partial charge >= 0.3 is 0 Å². The van der Waals surface area contributed by atoms with Crippen molar-refractivity contribution < 1.29 is 0 Å². The maximum Gasteiger partial charge on any atom is 0.139 e. The SMILES string of the molecule is CCc1c[nH]c2ncc3c(-c4ccsc4)nn(C)c3c12. The number of aromatic nitrogens is 4. The fraction of sp³-hybridized carbons (Fsp3) is 0.200. The largest absolute Gasteiger partial charge is 0.346 e. The van der Waals surface area contributed by atoms with Crippen LogP contribution in [0.2, 0.25) is 0 Å². The molecule has 0 spiro atoms. The van der Waals surface area contributed by atoms with E-state index in [2.05, 4.69) is 33.7 Å². The van der Waals surface area contributed by atoms with Gasteiger partial charge in [-0.1, -0.05) is 6.92 Å². The number of nitrogens with one attached hydrogen (secondary N) is 1. The summed E-state index contributed by atoms with van der Waals surface area (Å²) in [4.78, 5) is 7.81. The molecule has 0 saturated carbocycles. The molecule has 0 saturated heterocycles. The quantitative estimate of drug-likeness (QED) is 0.609. The summed E-state index contributed by atoms with van der Waals surface area (Å²) in [5, 5.41) is 11.2. The minimum absolute atomic E-state index is 0.939. The summed E-state index contributed by atoms with van der Waals surface area (Å²) in [5.74, 6) is 0. The van der Waals surface area contributed by atoms with E-state index >= 15 is 0 Å². The van der Waals surface area contributed by atoms with Gasteiger partial charge in [0.2, 0.25) is 0 Å². The molecule has 0 aliphatic heterocycles. The Balaban J connectivity index is 2.16.